The highest BCUT2D eigenvalue weighted by molar-refractivity contribution is 6.45. The van der Waals surface area contributed by atoms with Crippen molar-refractivity contribution in [3.05, 3.63) is 70.4 Å². The molecule has 8 heteroatoms. The molecule has 0 spiro atoms. The predicted molar refractivity (Wildman–Crippen MR) is 116 cm³/mol. The number of likely N-dealkylation sites (N-methyl/N-ethyl adjacent to an activating group) is 1. The molecule has 1 fully saturated rings. The highest BCUT2D eigenvalue weighted by Crippen LogP contribution is 2.37. The number of piperidine rings is 1. The molecule has 1 saturated heterocycles. The van der Waals surface area contributed by atoms with E-state index in [4.69, 9.17) is 11.6 Å². The van der Waals surface area contributed by atoms with Crippen LogP contribution in [0.25, 0.3) is 5.57 Å². The maximum Gasteiger partial charge on any atom is 0.282 e. The number of rotatable bonds is 4. The molecule has 0 atom stereocenters. The van der Waals surface area contributed by atoms with E-state index < -0.39 is 23.4 Å². The highest BCUT2D eigenvalue weighted by Gasteiger charge is 2.44. The van der Waals surface area contributed by atoms with Crippen LogP contribution in [0.5, 0.6) is 0 Å². The Morgan fingerprint density at radius 3 is 2.26 bits per heavy atom. The fourth-order valence-corrected chi connectivity index (χ4v) is 4.29. The summed E-state index contributed by atoms with van der Waals surface area (Å²) in [5.41, 5.74) is 0.648. The predicted octanol–water partition coefficient (Wildman–Crippen LogP) is 3.93. The molecule has 2 aliphatic rings. The second-order valence-corrected chi connectivity index (χ2v) is 8.35. The third-order valence-electron chi connectivity index (χ3n) is 5.93. The summed E-state index contributed by atoms with van der Waals surface area (Å²) in [7, 11) is 3.83. The van der Waals surface area contributed by atoms with Crippen molar-refractivity contribution in [2.45, 2.75) is 18.9 Å². The van der Waals surface area contributed by atoms with Crippen LogP contribution in [-0.2, 0) is 9.59 Å². The summed E-state index contributed by atoms with van der Waals surface area (Å²) in [6, 6.07) is 9.45. The summed E-state index contributed by atoms with van der Waals surface area (Å²) in [6.45, 7) is 1.74. The zero-order valence-corrected chi connectivity index (χ0v) is 18.0. The van der Waals surface area contributed by atoms with Crippen LogP contribution in [0.1, 0.15) is 18.4 Å². The molecule has 5 nitrogen and oxygen atoms in total. The van der Waals surface area contributed by atoms with E-state index in [1.54, 1.807) is 31.3 Å². The van der Waals surface area contributed by atoms with Crippen LogP contribution in [0.15, 0.2) is 48.2 Å². The van der Waals surface area contributed by atoms with E-state index in [1.807, 2.05) is 11.9 Å². The Balaban J connectivity index is 1.80. The van der Waals surface area contributed by atoms with Crippen LogP contribution in [0, 0.1) is 11.6 Å². The molecular formula is C23H22ClF2N3O2. The van der Waals surface area contributed by atoms with Gasteiger partial charge in [-0.3, -0.25) is 9.59 Å². The van der Waals surface area contributed by atoms with Crippen LogP contribution < -0.4 is 4.90 Å². The van der Waals surface area contributed by atoms with Crippen molar-refractivity contribution in [1.82, 2.24) is 9.80 Å². The lowest BCUT2D eigenvalue weighted by Gasteiger charge is -2.36. The van der Waals surface area contributed by atoms with Crippen molar-refractivity contribution in [2.24, 2.45) is 0 Å². The van der Waals surface area contributed by atoms with Crippen molar-refractivity contribution >= 4 is 34.7 Å². The van der Waals surface area contributed by atoms with E-state index in [0.29, 0.717) is 16.7 Å². The SMILES string of the molecule is CN1CCC(N(C)C2=C(c3ccc(Cl)cc3)C(=O)N(c3ccc(F)cc3F)C2=O)CC1. The first-order valence-corrected chi connectivity index (χ1v) is 10.4. The summed E-state index contributed by atoms with van der Waals surface area (Å²) < 4.78 is 27.9. The van der Waals surface area contributed by atoms with Crippen LogP contribution in [-0.4, -0.2) is 54.8 Å². The fourth-order valence-electron chi connectivity index (χ4n) is 4.17. The van der Waals surface area contributed by atoms with E-state index in [1.165, 1.54) is 0 Å². The molecule has 2 aromatic rings. The first-order chi connectivity index (χ1) is 14.8. The lowest BCUT2D eigenvalue weighted by atomic mass is 10.0. The minimum absolute atomic E-state index is 0.0586. The summed E-state index contributed by atoms with van der Waals surface area (Å²) >= 11 is 6.00. The molecule has 0 radical (unpaired) electrons. The number of likely N-dealkylation sites (tertiary alicyclic amines) is 1. The smallest absolute Gasteiger partial charge is 0.282 e. The van der Waals surface area contributed by atoms with Crippen molar-refractivity contribution in [2.75, 3.05) is 32.1 Å². The van der Waals surface area contributed by atoms with Gasteiger partial charge < -0.3 is 9.80 Å². The number of hydrogen-bond donors (Lipinski definition) is 0. The molecule has 0 N–H and O–H groups in total. The van der Waals surface area contributed by atoms with Gasteiger partial charge in [-0.1, -0.05) is 23.7 Å². The lowest BCUT2D eigenvalue weighted by Crippen LogP contribution is -2.43. The normalized spacial score (nSPS) is 18.3. The van der Waals surface area contributed by atoms with Gasteiger partial charge in [0.1, 0.15) is 17.3 Å². The van der Waals surface area contributed by atoms with Crippen LogP contribution >= 0.6 is 11.6 Å². The van der Waals surface area contributed by atoms with Crippen molar-refractivity contribution in [1.29, 1.82) is 0 Å². The van der Waals surface area contributed by atoms with Gasteiger partial charge in [0.25, 0.3) is 11.8 Å². The number of benzene rings is 2. The molecule has 2 heterocycles. The average Bonchev–Trinajstić information content (AvgIpc) is 2.99. The summed E-state index contributed by atoms with van der Waals surface area (Å²) in [4.78, 5) is 31.7. The van der Waals surface area contributed by atoms with Gasteiger partial charge >= 0.3 is 0 Å². The molecule has 0 aromatic heterocycles. The lowest BCUT2D eigenvalue weighted by molar-refractivity contribution is -0.120. The molecule has 31 heavy (non-hydrogen) atoms. The standard InChI is InChI=1S/C23H22ClF2N3O2/c1-27-11-9-17(10-12-27)28(2)21-20(14-3-5-15(24)6-4-14)22(30)29(23(21)31)19-8-7-16(25)13-18(19)26/h3-8,13,17H,9-12H2,1-2H3. The number of nitrogens with zero attached hydrogens (tertiary/aromatic N) is 3. The second-order valence-electron chi connectivity index (χ2n) is 7.92. The minimum Gasteiger partial charge on any atom is -0.366 e. The molecule has 0 bridgehead atoms. The third-order valence-corrected chi connectivity index (χ3v) is 6.18. The quantitative estimate of drug-likeness (QED) is 0.669. The zero-order valence-electron chi connectivity index (χ0n) is 17.2. The van der Waals surface area contributed by atoms with Gasteiger partial charge in [0.2, 0.25) is 0 Å². The van der Waals surface area contributed by atoms with Crippen LogP contribution in [0.3, 0.4) is 0 Å². The number of amides is 2. The maximum absolute atomic E-state index is 14.5. The molecule has 162 valence electrons. The van der Waals surface area contributed by atoms with Gasteiger partial charge in [-0.05, 0) is 62.8 Å². The largest absolute Gasteiger partial charge is 0.366 e. The van der Waals surface area contributed by atoms with Gasteiger partial charge in [-0.15, -0.1) is 0 Å². The number of anilines is 1. The zero-order chi connectivity index (χ0) is 22.3. The van der Waals surface area contributed by atoms with Crippen molar-refractivity contribution < 1.29 is 18.4 Å². The van der Waals surface area contributed by atoms with E-state index in [2.05, 4.69) is 4.90 Å². The van der Waals surface area contributed by atoms with Gasteiger partial charge in [-0.2, -0.15) is 0 Å². The molecule has 0 saturated carbocycles. The van der Waals surface area contributed by atoms with E-state index in [-0.39, 0.29) is 23.0 Å². The first-order valence-electron chi connectivity index (χ1n) is 10.0. The third kappa shape index (κ3) is 3.95. The molecule has 2 aliphatic heterocycles. The fraction of sp³-hybridized carbons (Fsp3) is 0.304. The first kappa shape index (κ1) is 21.5. The maximum atomic E-state index is 14.5. The van der Waals surface area contributed by atoms with Crippen molar-refractivity contribution in [3.8, 4) is 0 Å². The van der Waals surface area contributed by atoms with Gasteiger partial charge in [-0.25, -0.2) is 13.7 Å². The Bertz CT molecular complexity index is 1060. The molecule has 4 rings (SSSR count). The Labute approximate surface area is 184 Å². The van der Waals surface area contributed by atoms with Gasteiger partial charge in [0, 0.05) is 24.2 Å². The summed E-state index contributed by atoms with van der Waals surface area (Å²) in [6.07, 6.45) is 1.66. The summed E-state index contributed by atoms with van der Waals surface area (Å²) in [5.74, 6) is -3.02. The van der Waals surface area contributed by atoms with E-state index in [9.17, 15) is 18.4 Å². The Kier molecular flexibility index (Phi) is 5.81. The van der Waals surface area contributed by atoms with Gasteiger partial charge in [0.05, 0.1) is 11.3 Å². The number of carbonyl (C=O) groups is 2. The van der Waals surface area contributed by atoms with Crippen LogP contribution in [0.2, 0.25) is 5.02 Å². The monoisotopic (exact) mass is 445 g/mol. The molecular weight excluding hydrogens is 424 g/mol. The molecule has 0 unspecified atom stereocenters. The van der Waals surface area contributed by atoms with Gasteiger partial charge in [0.15, 0.2) is 0 Å². The second kappa shape index (κ2) is 8.40. The Hall–Kier alpha value is -2.77. The minimum atomic E-state index is -0.972. The van der Waals surface area contributed by atoms with E-state index >= 15 is 0 Å². The number of imide groups is 1. The van der Waals surface area contributed by atoms with E-state index in [0.717, 1.165) is 43.0 Å². The number of hydrogen-bond acceptors (Lipinski definition) is 4. The highest BCUT2D eigenvalue weighted by atomic mass is 35.5. The Morgan fingerprint density at radius 1 is 1.00 bits per heavy atom. The molecule has 2 amide bonds. The summed E-state index contributed by atoms with van der Waals surface area (Å²) in [5, 5.41) is 0.493. The Morgan fingerprint density at radius 2 is 1.65 bits per heavy atom. The molecule has 2 aromatic carbocycles. The number of carbonyl (C=O) groups excluding carboxylic acids is 2. The topological polar surface area (TPSA) is 43.9 Å². The van der Waals surface area contributed by atoms with Crippen LogP contribution in [0.4, 0.5) is 14.5 Å². The average molecular weight is 446 g/mol. The molecule has 0 aliphatic carbocycles. The van der Waals surface area contributed by atoms with Crippen molar-refractivity contribution in [3.63, 3.8) is 0 Å². The number of halogens is 3.